The number of imidazole rings is 1. The number of aliphatic carboxylic acids is 1. The molecule has 1 heterocycles. The van der Waals surface area contributed by atoms with Gasteiger partial charge in [-0.15, -0.1) is 0 Å². The number of hydrogen-bond donors (Lipinski definition) is 2. The summed E-state index contributed by atoms with van der Waals surface area (Å²) in [4.78, 5) is 25.6. The molecule has 0 saturated heterocycles. The molecule has 0 saturated carbocycles. The first-order valence-corrected chi connectivity index (χ1v) is 4.86. The van der Waals surface area contributed by atoms with Gasteiger partial charge in [0.05, 0.1) is 6.54 Å². The van der Waals surface area contributed by atoms with E-state index in [9.17, 15) is 9.59 Å². The maximum atomic E-state index is 11.1. The molecule has 1 aromatic heterocycles. The van der Waals surface area contributed by atoms with Crippen LogP contribution >= 0.6 is 0 Å². The maximum Gasteiger partial charge on any atom is 0.407 e. The van der Waals surface area contributed by atoms with E-state index in [1.807, 2.05) is 0 Å². The number of carbonyl (C=O) groups is 2. The van der Waals surface area contributed by atoms with Gasteiger partial charge in [0.1, 0.15) is 19.0 Å². The van der Waals surface area contributed by atoms with E-state index in [-0.39, 0.29) is 19.7 Å². The van der Waals surface area contributed by atoms with Gasteiger partial charge in [-0.25, -0.2) is 9.78 Å². The van der Waals surface area contributed by atoms with Crippen molar-refractivity contribution in [3.63, 3.8) is 0 Å². The standard InChI is InChI=1S/C10H13N3O4/c1-2-5-17-10(16)12-6-8-11-3-4-13(8)7-9(14)15/h2-4H,1,5-7H2,(H,12,16)(H,14,15). The number of carboxylic acids is 1. The van der Waals surface area contributed by atoms with Crippen molar-refractivity contribution in [2.45, 2.75) is 13.1 Å². The van der Waals surface area contributed by atoms with E-state index in [1.165, 1.54) is 23.0 Å². The number of carboxylic acid groups (broad SMARTS) is 1. The Kier molecular flexibility index (Phi) is 4.74. The molecular weight excluding hydrogens is 226 g/mol. The Hall–Kier alpha value is -2.31. The van der Waals surface area contributed by atoms with Crippen LogP contribution in [0.3, 0.4) is 0 Å². The van der Waals surface area contributed by atoms with Gasteiger partial charge in [0.15, 0.2) is 0 Å². The maximum absolute atomic E-state index is 11.1. The number of rotatable bonds is 6. The summed E-state index contributed by atoms with van der Waals surface area (Å²) >= 11 is 0. The number of hydrogen-bond acceptors (Lipinski definition) is 4. The summed E-state index contributed by atoms with van der Waals surface area (Å²) < 4.78 is 6.12. The molecule has 17 heavy (non-hydrogen) atoms. The lowest BCUT2D eigenvalue weighted by Gasteiger charge is -2.06. The van der Waals surface area contributed by atoms with E-state index < -0.39 is 12.1 Å². The molecule has 2 N–H and O–H groups in total. The molecule has 1 rings (SSSR count). The van der Waals surface area contributed by atoms with Crippen LogP contribution in [0.25, 0.3) is 0 Å². The van der Waals surface area contributed by atoms with E-state index in [0.29, 0.717) is 5.82 Å². The predicted octanol–water partition coefficient (Wildman–Crippen LogP) is 0.380. The van der Waals surface area contributed by atoms with Crippen molar-refractivity contribution in [3.8, 4) is 0 Å². The first kappa shape index (κ1) is 12.8. The number of ether oxygens (including phenoxy) is 1. The van der Waals surface area contributed by atoms with Gasteiger partial charge in [0.25, 0.3) is 0 Å². The second-order valence-electron chi connectivity index (χ2n) is 3.11. The number of aromatic nitrogens is 2. The topological polar surface area (TPSA) is 93.5 Å². The first-order chi connectivity index (χ1) is 8.13. The molecule has 7 heteroatoms. The molecule has 1 amide bonds. The first-order valence-electron chi connectivity index (χ1n) is 4.86. The van der Waals surface area contributed by atoms with Crippen molar-refractivity contribution in [2.75, 3.05) is 6.61 Å². The van der Waals surface area contributed by atoms with Gasteiger partial charge in [0, 0.05) is 12.4 Å². The van der Waals surface area contributed by atoms with Crippen LogP contribution in [0.15, 0.2) is 25.0 Å². The van der Waals surface area contributed by atoms with Gasteiger partial charge >= 0.3 is 12.1 Å². The van der Waals surface area contributed by atoms with Gasteiger partial charge in [0.2, 0.25) is 0 Å². The Labute approximate surface area is 97.7 Å². The summed E-state index contributed by atoms with van der Waals surface area (Å²) in [7, 11) is 0. The van der Waals surface area contributed by atoms with Crippen molar-refractivity contribution in [1.29, 1.82) is 0 Å². The number of nitrogens with zero attached hydrogens (tertiary/aromatic N) is 2. The highest BCUT2D eigenvalue weighted by molar-refractivity contribution is 5.67. The lowest BCUT2D eigenvalue weighted by Crippen LogP contribution is -2.26. The second kappa shape index (κ2) is 6.31. The van der Waals surface area contributed by atoms with E-state index >= 15 is 0 Å². The normalized spacial score (nSPS) is 9.65. The Morgan fingerprint density at radius 3 is 3.06 bits per heavy atom. The Bertz CT molecular complexity index is 413. The zero-order chi connectivity index (χ0) is 12.7. The van der Waals surface area contributed by atoms with Crippen LogP contribution in [-0.2, 0) is 22.6 Å². The molecular formula is C10H13N3O4. The smallest absolute Gasteiger partial charge is 0.407 e. The fourth-order valence-electron chi connectivity index (χ4n) is 1.13. The molecule has 1 aromatic rings. The van der Waals surface area contributed by atoms with Crippen LogP contribution in [0.5, 0.6) is 0 Å². The van der Waals surface area contributed by atoms with Crippen LogP contribution in [0, 0.1) is 0 Å². The SMILES string of the molecule is C=CCOC(=O)NCc1nccn1CC(=O)O. The van der Waals surface area contributed by atoms with Crippen LogP contribution in [0.4, 0.5) is 4.79 Å². The van der Waals surface area contributed by atoms with E-state index in [1.54, 1.807) is 0 Å². The molecule has 0 atom stereocenters. The largest absolute Gasteiger partial charge is 0.480 e. The highest BCUT2D eigenvalue weighted by Gasteiger charge is 2.08. The fraction of sp³-hybridized carbons (Fsp3) is 0.300. The Balaban J connectivity index is 2.46. The van der Waals surface area contributed by atoms with Gasteiger partial charge in [-0.2, -0.15) is 0 Å². The lowest BCUT2D eigenvalue weighted by atomic mass is 10.5. The van der Waals surface area contributed by atoms with Crippen molar-refractivity contribution in [2.24, 2.45) is 0 Å². The molecule has 7 nitrogen and oxygen atoms in total. The average molecular weight is 239 g/mol. The third-order valence-electron chi connectivity index (χ3n) is 1.83. The Morgan fingerprint density at radius 1 is 1.65 bits per heavy atom. The molecule has 0 aliphatic heterocycles. The molecule has 0 aromatic carbocycles. The monoisotopic (exact) mass is 239 g/mol. The van der Waals surface area contributed by atoms with E-state index in [2.05, 4.69) is 21.6 Å². The molecule has 0 radical (unpaired) electrons. The van der Waals surface area contributed by atoms with Gasteiger partial charge in [-0.3, -0.25) is 4.79 Å². The molecule has 0 bridgehead atoms. The summed E-state index contributed by atoms with van der Waals surface area (Å²) in [5.74, 6) is -0.526. The number of nitrogens with one attached hydrogen (secondary N) is 1. The predicted molar refractivity (Wildman–Crippen MR) is 58.2 cm³/mol. The summed E-state index contributed by atoms with van der Waals surface area (Å²) in [6.45, 7) is 3.43. The van der Waals surface area contributed by atoms with Gasteiger partial charge in [-0.05, 0) is 0 Å². The number of alkyl carbamates (subject to hydrolysis) is 1. The Morgan fingerprint density at radius 2 is 2.41 bits per heavy atom. The molecule has 92 valence electrons. The third kappa shape index (κ3) is 4.37. The van der Waals surface area contributed by atoms with Crippen LogP contribution in [0.2, 0.25) is 0 Å². The van der Waals surface area contributed by atoms with Gasteiger partial charge < -0.3 is 19.7 Å². The van der Waals surface area contributed by atoms with E-state index in [4.69, 9.17) is 5.11 Å². The highest BCUT2D eigenvalue weighted by Crippen LogP contribution is 1.97. The minimum atomic E-state index is -0.974. The van der Waals surface area contributed by atoms with Crippen molar-refractivity contribution in [1.82, 2.24) is 14.9 Å². The summed E-state index contributed by atoms with van der Waals surface area (Å²) in [5, 5.41) is 11.1. The van der Waals surface area contributed by atoms with Crippen LogP contribution in [-0.4, -0.2) is 33.3 Å². The summed E-state index contributed by atoms with van der Waals surface area (Å²) in [6, 6.07) is 0. The summed E-state index contributed by atoms with van der Waals surface area (Å²) in [5.41, 5.74) is 0. The lowest BCUT2D eigenvalue weighted by molar-refractivity contribution is -0.137. The van der Waals surface area contributed by atoms with Crippen molar-refractivity contribution in [3.05, 3.63) is 30.9 Å². The zero-order valence-electron chi connectivity index (χ0n) is 9.13. The number of carbonyl (C=O) groups excluding carboxylic acids is 1. The quantitative estimate of drug-likeness (QED) is 0.700. The van der Waals surface area contributed by atoms with Crippen LogP contribution < -0.4 is 5.32 Å². The zero-order valence-corrected chi connectivity index (χ0v) is 9.13. The molecule has 0 unspecified atom stereocenters. The fourth-order valence-corrected chi connectivity index (χ4v) is 1.13. The summed E-state index contributed by atoms with van der Waals surface area (Å²) in [6.07, 6.45) is 3.84. The molecule has 0 aliphatic rings. The molecule has 0 spiro atoms. The minimum Gasteiger partial charge on any atom is -0.480 e. The molecule has 0 aliphatic carbocycles. The molecule has 0 fully saturated rings. The third-order valence-corrected chi connectivity index (χ3v) is 1.83. The highest BCUT2D eigenvalue weighted by atomic mass is 16.5. The second-order valence-corrected chi connectivity index (χ2v) is 3.11. The average Bonchev–Trinajstić information content (AvgIpc) is 2.70. The van der Waals surface area contributed by atoms with Crippen molar-refractivity contribution < 1.29 is 19.4 Å². The minimum absolute atomic E-state index is 0.107. The van der Waals surface area contributed by atoms with Gasteiger partial charge in [-0.1, -0.05) is 12.7 Å². The number of amides is 1. The van der Waals surface area contributed by atoms with Crippen LogP contribution in [0.1, 0.15) is 5.82 Å². The van der Waals surface area contributed by atoms with E-state index in [0.717, 1.165) is 0 Å². The van der Waals surface area contributed by atoms with Crippen molar-refractivity contribution >= 4 is 12.1 Å².